The molecular weight excluding hydrogens is 332 g/mol. The molecule has 0 spiro atoms. The van der Waals surface area contributed by atoms with E-state index in [2.05, 4.69) is 4.98 Å². The Balaban J connectivity index is 2.47. The van der Waals surface area contributed by atoms with Crippen molar-refractivity contribution in [2.45, 2.75) is 45.8 Å². The third-order valence-corrected chi connectivity index (χ3v) is 3.91. The second-order valence-electron chi connectivity index (χ2n) is 7.76. The van der Waals surface area contributed by atoms with Crippen LogP contribution in [0.1, 0.15) is 45.0 Å². The quantitative estimate of drug-likeness (QED) is 0.583. The number of esters is 1. The number of benzene rings is 1. The Morgan fingerprint density at radius 2 is 1.88 bits per heavy atom. The van der Waals surface area contributed by atoms with Crippen molar-refractivity contribution in [1.82, 2.24) is 4.98 Å². The SMILES string of the molecule is COC(C)(C)CN(C=O)c1ccc2nccc(C(=O)OC(C)(C)C)c2c1. The summed E-state index contributed by atoms with van der Waals surface area (Å²) in [6, 6.07) is 7.00. The van der Waals surface area contributed by atoms with Crippen LogP contribution in [-0.4, -0.2) is 42.2 Å². The lowest BCUT2D eigenvalue weighted by Gasteiger charge is -2.29. The molecule has 0 saturated heterocycles. The predicted molar refractivity (Wildman–Crippen MR) is 101 cm³/mol. The molecule has 6 nitrogen and oxygen atoms in total. The van der Waals surface area contributed by atoms with Crippen LogP contribution in [0.2, 0.25) is 0 Å². The summed E-state index contributed by atoms with van der Waals surface area (Å²) >= 11 is 0. The average Bonchev–Trinajstić information content (AvgIpc) is 2.57. The normalized spacial score (nSPS) is 12.1. The number of hydrogen-bond donors (Lipinski definition) is 0. The van der Waals surface area contributed by atoms with E-state index in [1.54, 1.807) is 42.5 Å². The number of anilines is 1. The van der Waals surface area contributed by atoms with Gasteiger partial charge in [-0.15, -0.1) is 0 Å². The Kier molecular flexibility index (Phi) is 5.66. The van der Waals surface area contributed by atoms with Crippen LogP contribution in [0.25, 0.3) is 10.9 Å². The fourth-order valence-electron chi connectivity index (χ4n) is 2.49. The van der Waals surface area contributed by atoms with Gasteiger partial charge in [-0.1, -0.05) is 0 Å². The number of pyridine rings is 1. The van der Waals surface area contributed by atoms with E-state index in [-0.39, 0.29) is 0 Å². The van der Waals surface area contributed by atoms with E-state index in [0.29, 0.717) is 28.7 Å². The van der Waals surface area contributed by atoms with Crippen LogP contribution in [0.4, 0.5) is 5.69 Å². The fraction of sp³-hybridized carbons (Fsp3) is 0.450. The van der Waals surface area contributed by atoms with E-state index >= 15 is 0 Å². The van der Waals surface area contributed by atoms with Gasteiger partial charge in [0.2, 0.25) is 6.41 Å². The summed E-state index contributed by atoms with van der Waals surface area (Å²) in [6.07, 6.45) is 2.33. The third kappa shape index (κ3) is 4.79. The summed E-state index contributed by atoms with van der Waals surface area (Å²) in [5.74, 6) is -0.420. The summed E-state index contributed by atoms with van der Waals surface area (Å²) in [5, 5.41) is 0.640. The Labute approximate surface area is 154 Å². The highest BCUT2D eigenvalue weighted by atomic mass is 16.6. The van der Waals surface area contributed by atoms with E-state index < -0.39 is 17.2 Å². The maximum absolute atomic E-state index is 12.5. The summed E-state index contributed by atoms with van der Waals surface area (Å²) in [4.78, 5) is 30.0. The van der Waals surface area contributed by atoms with Crippen LogP contribution in [0.5, 0.6) is 0 Å². The van der Waals surface area contributed by atoms with E-state index in [4.69, 9.17) is 9.47 Å². The lowest BCUT2D eigenvalue weighted by molar-refractivity contribution is -0.108. The number of carbonyl (C=O) groups excluding carboxylic acids is 2. The minimum atomic E-state index is -0.596. The number of aromatic nitrogens is 1. The second-order valence-corrected chi connectivity index (χ2v) is 7.76. The van der Waals surface area contributed by atoms with Crippen LogP contribution in [0.3, 0.4) is 0 Å². The molecule has 0 fully saturated rings. The Bertz CT molecular complexity index is 809. The van der Waals surface area contributed by atoms with E-state index in [0.717, 1.165) is 6.41 Å². The van der Waals surface area contributed by atoms with Crippen LogP contribution in [0.15, 0.2) is 30.5 Å². The molecule has 0 aliphatic heterocycles. The van der Waals surface area contributed by atoms with Gasteiger partial charge in [0, 0.05) is 24.4 Å². The first kappa shape index (κ1) is 19.8. The third-order valence-electron chi connectivity index (χ3n) is 3.91. The van der Waals surface area contributed by atoms with Crippen LogP contribution in [-0.2, 0) is 14.3 Å². The first-order valence-electron chi connectivity index (χ1n) is 8.45. The minimum Gasteiger partial charge on any atom is -0.456 e. The molecule has 26 heavy (non-hydrogen) atoms. The zero-order chi connectivity index (χ0) is 19.5. The van der Waals surface area contributed by atoms with Crippen molar-refractivity contribution in [2.24, 2.45) is 0 Å². The molecule has 2 rings (SSSR count). The van der Waals surface area contributed by atoms with Gasteiger partial charge in [0.15, 0.2) is 0 Å². The minimum absolute atomic E-state index is 0.376. The first-order chi connectivity index (χ1) is 12.1. The van der Waals surface area contributed by atoms with Gasteiger partial charge in [-0.25, -0.2) is 4.79 Å². The van der Waals surface area contributed by atoms with E-state index in [1.165, 1.54) is 0 Å². The molecular formula is C20H26N2O4. The standard InChI is InChI=1S/C20H26N2O4/c1-19(2,3)26-18(24)15-9-10-21-17-8-7-14(11-16(15)17)22(13-23)12-20(4,5)25-6/h7-11,13H,12H2,1-6H3. The summed E-state index contributed by atoms with van der Waals surface area (Å²) < 4.78 is 10.9. The number of carbonyl (C=O) groups is 2. The lowest BCUT2D eigenvalue weighted by Crippen LogP contribution is -2.39. The number of hydrogen-bond acceptors (Lipinski definition) is 5. The van der Waals surface area contributed by atoms with Crippen molar-refractivity contribution in [2.75, 3.05) is 18.6 Å². The van der Waals surface area contributed by atoms with Gasteiger partial charge in [-0.05, 0) is 58.9 Å². The smallest absolute Gasteiger partial charge is 0.339 e. The predicted octanol–water partition coefficient (Wildman–Crippen LogP) is 3.58. The van der Waals surface area contributed by atoms with Crippen molar-refractivity contribution in [3.63, 3.8) is 0 Å². The molecule has 1 amide bonds. The number of fused-ring (bicyclic) bond motifs is 1. The van der Waals surface area contributed by atoms with Crippen molar-refractivity contribution in [3.8, 4) is 0 Å². The fourth-order valence-corrected chi connectivity index (χ4v) is 2.49. The molecule has 0 radical (unpaired) electrons. The Morgan fingerprint density at radius 3 is 2.46 bits per heavy atom. The molecule has 6 heteroatoms. The summed E-state index contributed by atoms with van der Waals surface area (Å²) in [6.45, 7) is 9.64. The summed E-state index contributed by atoms with van der Waals surface area (Å²) in [7, 11) is 1.61. The molecule has 0 aliphatic carbocycles. The van der Waals surface area contributed by atoms with Gasteiger partial charge < -0.3 is 14.4 Å². The molecule has 0 saturated carbocycles. The topological polar surface area (TPSA) is 68.7 Å². The monoisotopic (exact) mass is 358 g/mol. The zero-order valence-corrected chi connectivity index (χ0v) is 16.2. The number of methoxy groups -OCH3 is 1. The number of amides is 1. The zero-order valence-electron chi connectivity index (χ0n) is 16.2. The van der Waals surface area contributed by atoms with Gasteiger partial charge in [0.05, 0.1) is 23.2 Å². The molecule has 1 aromatic heterocycles. The van der Waals surface area contributed by atoms with Crippen molar-refractivity contribution in [3.05, 3.63) is 36.0 Å². The molecule has 140 valence electrons. The maximum atomic E-state index is 12.5. The molecule has 0 atom stereocenters. The van der Waals surface area contributed by atoms with Gasteiger partial charge in [0.25, 0.3) is 0 Å². The van der Waals surface area contributed by atoms with Crippen molar-refractivity contribution in [1.29, 1.82) is 0 Å². The van der Waals surface area contributed by atoms with Gasteiger partial charge >= 0.3 is 5.97 Å². The van der Waals surface area contributed by atoms with Gasteiger partial charge in [-0.3, -0.25) is 9.78 Å². The average molecular weight is 358 g/mol. The highest BCUT2D eigenvalue weighted by Crippen LogP contribution is 2.26. The molecule has 0 unspecified atom stereocenters. The van der Waals surface area contributed by atoms with E-state index in [9.17, 15) is 9.59 Å². The maximum Gasteiger partial charge on any atom is 0.339 e. The van der Waals surface area contributed by atoms with Crippen molar-refractivity contribution < 1.29 is 19.1 Å². The Hall–Kier alpha value is -2.47. The number of rotatable bonds is 6. The number of ether oxygens (including phenoxy) is 2. The molecule has 1 heterocycles. The largest absolute Gasteiger partial charge is 0.456 e. The van der Waals surface area contributed by atoms with E-state index in [1.807, 2.05) is 34.6 Å². The molecule has 1 aromatic carbocycles. The highest BCUT2D eigenvalue weighted by molar-refractivity contribution is 6.04. The van der Waals surface area contributed by atoms with Crippen LogP contribution in [0, 0.1) is 0 Å². The van der Waals surface area contributed by atoms with Gasteiger partial charge in [-0.2, -0.15) is 0 Å². The van der Waals surface area contributed by atoms with Crippen molar-refractivity contribution >= 4 is 29.0 Å². The Morgan fingerprint density at radius 1 is 1.19 bits per heavy atom. The van der Waals surface area contributed by atoms with Crippen LogP contribution < -0.4 is 4.90 Å². The lowest BCUT2D eigenvalue weighted by atomic mass is 10.1. The molecule has 0 aliphatic rings. The van der Waals surface area contributed by atoms with Gasteiger partial charge in [0.1, 0.15) is 5.60 Å². The first-order valence-corrected chi connectivity index (χ1v) is 8.45. The molecule has 0 N–H and O–H groups in total. The molecule has 0 bridgehead atoms. The number of nitrogens with zero attached hydrogens (tertiary/aromatic N) is 2. The molecule has 2 aromatic rings. The second kappa shape index (κ2) is 7.41. The van der Waals surface area contributed by atoms with Crippen LogP contribution >= 0.6 is 0 Å². The highest BCUT2D eigenvalue weighted by Gasteiger charge is 2.23. The summed E-state index contributed by atoms with van der Waals surface area (Å²) in [5.41, 5.74) is 0.647.